The van der Waals surface area contributed by atoms with Gasteiger partial charge in [-0.3, -0.25) is 9.59 Å². The van der Waals surface area contributed by atoms with Crippen LogP contribution in [0.15, 0.2) is 42.6 Å². The molecule has 0 bridgehead atoms. The number of rotatable bonds is 4. The lowest BCUT2D eigenvalue weighted by Crippen LogP contribution is -2.48. The molecule has 26 heavy (non-hydrogen) atoms. The van der Waals surface area contributed by atoms with Crippen LogP contribution in [0.25, 0.3) is 0 Å². The summed E-state index contributed by atoms with van der Waals surface area (Å²) in [7, 11) is 0. The first-order valence-corrected chi connectivity index (χ1v) is 8.90. The fourth-order valence-electron chi connectivity index (χ4n) is 2.89. The van der Waals surface area contributed by atoms with E-state index in [4.69, 9.17) is 11.6 Å². The largest absolute Gasteiger partial charge is 0.353 e. The van der Waals surface area contributed by atoms with E-state index in [1.54, 1.807) is 25.3 Å². The van der Waals surface area contributed by atoms with Crippen LogP contribution in [0, 0.1) is 0 Å². The average molecular weight is 373 g/mol. The fraction of sp³-hybridized carbons (Fsp3) is 0.316. The van der Waals surface area contributed by atoms with Crippen molar-refractivity contribution < 1.29 is 9.59 Å². The van der Waals surface area contributed by atoms with Crippen molar-refractivity contribution >= 4 is 34.9 Å². The van der Waals surface area contributed by atoms with Crippen molar-refractivity contribution in [2.24, 2.45) is 0 Å². The van der Waals surface area contributed by atoms with E-state index in [9.17, 15) is 9.59 Å². The second kappa shape index (κ2) is 8.19. The minimum Gasteiger partial charge on any atom is -0.353 e. The van der Waals surface area contributed by atoms with Crippen LogP contribution in [-0.4, -0.2) is 47.9 Å². The second-order valence-electron chi connectivity index (χ2n) is 6.25. The van der Waals surface area contributed by atoms with Gasteiger partial charge in [0.15, 0.2) is 0 Å². The van der Waals surface area contributed by atoms with E-state index in [0.717, 1.165) is 24.5 Å². The molecule has 0 radical (unpaired) electrons. The lowest BCUT2D eigenvalue weighted by molar-refractivity contribution is -0.129. The number of hydrogen-bond acceptors (Lipinski definition) is 4. The molecule has 1 fully saturated rings. The Hall–Kier alpha value is -2.60. The van der Waals surface area contributed by atoms with Crippen LogP contribution >= 0.6 is 11.6 Å². The van der Waals surface area contributed by atoms with Crippen molar-refractivity contribution in [2.75, 3.05) is 36.4 Å². The molecule has 1 aromatic carbocycles. The first-order chi connectivity index (χ1) is 12.5. The summed E-state index contributed by atoms with van der Waals surface area (Å²) in [6, 6.07) is 11.0. The van der Waals surface area contributed by atoms with Gasteiger partial charge in [-0.25, -0.2) is 4.98 Å². The maximum atomic E-state index is 12.1. The van der Waals surface area contributed by atoms with Gasteiger partial charge in [-0.15, -0.1) is 0 Å². The van der Waals surface area contributed by atoms with E-state index in [1.165, 1.54) is 0 Å². The summed E-state index contributed by atoms with van der Waals surface area (Å²) in [5.74, 6) is 0.859. The molecule has 2 heterocycles. The standard InChI is InChI=1S/C19H21ClN4O2/c1-14(25)23-8-10-24(11-9-23)18-7-6-17(13-21-18)22-19(26)12-15-2-4-16(20)5-3-15/h2-7,13H,8-12H2,1H3,(H,22,26). The van der Waals surface area contributed by atoms with Gasteiger partial charge in [0.1, 0.15) is 5.82 Å². The molecule has 7 heteroatoms. The Morgan fingerprint density at radius 2 is 1.77 bits per heavy atom. The number of carbonyl (C=O) groups is 2. The zero-order valence-corrected chi connectivity index (χ0v) is 15.4. The Balaban J connectivity index is 1.53. The van der Waals surface area contributed by atoms with Crippen LogP contribution in [-0.2, 0) is 16.0 Å². The topological polar surface area (TPSA) is 65.5 Å². The zero-order chi connectivity index (χ0) is 18.5. The second-order valence-corrected chi connectivity index (χ2v) is 6.69. The number of nitrogens with zero attached hydrogens (tertiary/aromatic N) is 3. The molecule has 2 amide bonds. The highest BCUT2D eigenvalue weighted by Crippen LogP contribution is 2.17. The molecule has 1 aliphatic rings. The SMILES string of the molecule is CC(=O)N1CCN(c2ccc(NC(=O)Cc3ccc(Cl)cc3)cn2)CC1. The van der Waals surface area contributed by atoms with E-state index in [-0.39, 0.29) is 18.2 Å². The summed E-state index contributed by atoms with van der Waals surface area (Å²) in [6.45, 7) is 4.52. The number of aromatic nitrogens is 1. The maximum Gasteiger partial charge on any atom is 0.228 e. The highest BCUT2D eigenvalue weighted by molar-refractivity contribution is 6.30. The third-order valence-electron chi connectivity index (χ3n) is 4.36. The number of hydrogen-bond donors (Lipinski definition) is 1. The number of halogens is 1. The van der Waals surface area contributed by atoms with Gasteiger partial charge >= 0.3 is 0 Å². The summed E-state index contributed by atoms with van der Waals surface area (Å²) in [5.41, 5.74) is 1.56. The lowest BCUT2D eigenvalue weighted by Gasteiger charge is -2.34. The van der Waals surface area contributed by atoms with Crippen LogP contribution < -0.4 is 10.2 Å². The smallest absolute Gasteiger partial charge is 0.228 e. The van der Waals surface area contributed by atoms with Gasteiger partial charge in [0.05, 0.1) is 18.3 Å². The molecule has 2 aromatic rings. The molecule has 0 unspecified atom stereocenters. The Morgan fingerprint density at radius 1 is 1.08 bits per heavy atom. The Bertz CT molecular complexity index is 769. The summed E-state index contributed by atoms with van der Waals surface area (Å²) in [4.78, 5) is 31.9. The normalized spacial score (nSPS) is 14.2. The molecule has 1 aromatic heterocycles. The molecule has 0 aliphatic carbocycles. The predicted octanol–water partition coefficient (Wildman–Crippen LogP) is 2.58. The molecule has 3 rings (SSSR count). The van der Waals surface area contributed by atoms with Crippen LogP contribution in [0.1, 0.15) is 12.5 Å². The molecule has 1 saturated heterocycles. The van der Waals surface area contributed by atoms with Crippen LogP contribution in [0.4, 0.5) is 11.5 Å². The number of benzene rings is 1. The number of anilines is 2. The van der Waals surface area contributed by atoms with Crippen LogP contribution in [0.3, 0.4) is 0 Å². The molecule has 1 aliphatic heterocycles. The molecular weight excluding hydrogens is 352 g/mol. The van der Waals surface area contributed by atoms with E-state index in [0.29, 0.717) is 23.8 Å². The molecule has 0 atom stereocenters. The van der Waals surface area contributed by atoms with Crippen LogP contribution in [0.2, 0.25) is 5.02 Å². The first kappa shape index (κ1) is 18.2. The van der Waals surface area contributed by atoms with Crippen molar-refractivity contribution in [2.45, 2.75) is 13.3 Å². The molecule has 136 valence electrons. The van der Waals surface area contributed by atoms with Gasteiger partial charge in [0.2, 0.25) is 11.8 Å². The van der Waals surface area contributed by atoms with Crippen molar-refractivity contribution in [3.63, 3.8) is 0 Å². The van der Waals surface area contributed by atoms with Crippen molar-refractivity contribution in [1.82, 2.24) is 9.88 Å². The van der Waals surface area contributed by atoms with E-state index in [1.807, 2.05) is 29.2 Å². The first-order valence-electron chi connectivity index (χ1n) is 8.52. The highest BCUT2D eigenvalue weighted by atomic mass is 35.5. The number of nitrogens with one attached hydrogen (secondary N) is 1. The van der Waals surface area contributed by atoms with Crippen molar-refractivity contribution in [3.05, 3.63) is 53.2 Å². The third kappa shape index (κ3) is 4.73. The molecule has 0 saturated carbocycles. The molecule has 0 spiro atoms. The summed E-state index contributed by atoms with van der Waals surface area (Å²) in [6.07, 6.45) is 1.94. The Labute approximate surface area is 157 Å². The van der Waals surface area contributed by atoms with Gasteiger partial charge in [-0.1, -0.05) is 23.7 Å². The highest BCUT2D eigenvalue weighted by Gasteiger charge is 2.19. The van der Waals surface area contributed by atoms with E-state index >= 15 is 0 Å². The maximum absolute atomic E-state index is 12.1. The minimum absolute atomic E-state index is 0.100. The quantitative estimate of drug-likeness (QED) is 0.895. The van der Waals surface area contributed by atoms with Gasteiger partial charge in [-0.05, 0) is 29.8 Å². The van der Waals surface area contributed by atoms with E-state index < -0.39 is 0 Å². The number of piperazine rings is 1. The van der Waals surface area contributed by atoms with Crippen molar-refractivity contribution in [3.8, 4) is 0 Å². The lowest BCUT2D eigenvalue weighted by atomic mass is 10.1. The third-order valence-corrected chi connectivity index (χ3v) is 4.61. The predicted molar refractivity (Wildman–Crippen MR) is 102 cm³/mol. The number of pyridine rings is 1. The summed E-state index contributed by atoms with van der Waals surface area (Å²) < 4.78 is 0. The van der Waals surface area contributed by atoms with Crippen LogP contribution in [0.5, 0.6) is 0 Å². The van der Waals surface area contributed by atoms with Gasteiger partial charge in [-0.2, -0.15) is 0 Å². The summed E-state index contributed by atoms with van der Waals surface area (Å²) >= 11 is 5.85. The van der Waals surface area contributed by atoms with Crippen molar-refractivity contribution in [1.29, 1.82) is 0 Å². The zero-order valence-electron chi connectivity index (χ0n) is 14.6. The van der Waals surface area contributed by atoms with Gasteiger partial charge in [0.25, 0.3) is 0 Å². The molecular formula is C19H21ClN4O2. The minimum atomic E-state index is -0.100. The summed E-state index contributed by atoms with van der Waals surface area (Å²) in [5, 5.41) is 3.50. The Morgan fingerprint density at radius 3 is 2.35 bits per heavy atom. The number of carbonyl (C=O) groups excluding carboxylic acids is 2. The molecule has 6 nitrogen and oxygen atoms in total. The Kier molecular flexibility index (Phi) is 5.73. The average Bonchev–Trinajstić information content (AvgIpc) is 2.64. The van der Waals surface area contributed by atoms with E-state index in [2.05, 4.69) is 15.2 Å². The van der Waals surface area contributed by atoms with Gasteiger partial charge < -0.3 is 15.1 Å². The number of amides is 2. The molecule has 1 N–H and O–H groups in total. The fourth-order valence-corrected chi connectivity index (χ4v) is 3.02. The van der Waals surface area contributed by atoms with Gasteiger partial charge in [0, 0.05) is 38.1 Å². The monoisotopic (exact) mass is 372 g/mol.